The molecule has 0 saturated heterocycles. The largest absolute Gasteiger partial charge is 0.490 e. The van der Waals surface area contributed by atoms with Gasteiger partial charge in [0.25, 0.3) is 0 Å². The molecule has 0 amide bonds. The third-order valence-electron chi connectivity index (χ3n) is 4.33. The van der Waals surface area contributed by atoms with E-state index >= 15 is 0 Å². The van der Waals surface area contributed by atoms with E-state index in [1.807, 2.05) is 29.6 Å². The van der Waals surface area contributed by atoms with Crippen LogP contribution in [0.1, 0.15) is 10.4 Å². The van der Waals surface area contributed by atoms with Crippen molar-refractivity contribution in [2.24, 2.45) is 0 Å². The number of thiophene rings is 1. The minimum Gasteiger partial charge on any atom is -0.475 e. The van der Waals surface area contributed by atoms with Crippen molar-refractivity contribution in [1.29, 1.82) is 0 Å². The molecule has 0 aliphatic carbocycles. The van der Waals surface area contributed by atoms with Crippen molar-refractivity contribution < 1.29 is 36.2 Å². The van der Waals surface area contributed by atoms with Crippen molar-refractivity contribution >= 4 is 34.0 Å². The second-order valence-electron chi connectivity index (χ2n) is 6.69. The molecular weight excluding hydrogens is 484 g/mol. The summed E-state index contributed by atoms with van der Waals surface area (Å²) < 4.78 is 72.0. The lowest BCUT2D eigenvalue weighted by molar-refractivity contribution is -0.192. The Morgan fingerprint density at radius 2 is 1.56 bits per heavy atom. The van der Waals surface area contributed by atoms with E-state index in [9.17, 15) is 26.3 Å². The van der Waals surface area contributed by atoms with E-state index in [0.29, 0.717) is 17.9 Å². The Kier molecular flexibility index (Phi) is 7.40. The number of aliphatic carboxylic acids is 1. The van der Waals surface area contributed by atoms with Gasteiger partial charge in [-0.3, -0.25) is 0 Å². The molecule has 12 heteroatoms. The number of carboxylic acid groups (broad SMARTS) is 1. The maximum Gasteiger partial charge on any atom is 0.490 e. The van der Waals surface area contributed by atoms with Gasteiger partial charge in [0, 0.05) is 15.8 Å². The number of rotatable bonds is 4. The lowest BCUT2D eigenvalue weighted by atomic mass is 10.1. The van der Waals surface area contributed by atoms with E-state index in [1.165, 1.54) is 12.1 Å². The Hall–Kier alpha value is -3.67. The zero-order valence-corrected chi connectivity index (χ0v) is 17.8. The predicted octanol–water partition coefficient (Wildman–Crippen LogP) is 6.62. The first-order valence-corrected chi connectivity index (χ1v) is 10.3. The lowest BCUT2D eigenvalue weighted by Gasteiger charge is -2.14. The molecule has 0 aliphatic heterocycles. The zero-order valence-electron chi connectivity index (χ0n) is 17.0. The average Bonchev–Trinajstić information content (AvgIpc) is 3.30. The summed E-state index contributed by atoms with van der Waals surface area (Å²) in [4.78, 5) is 18.8. The molecule has 0 radical (unpaired) electrons. The Morgan fingerprint density at radius 1 is 0.912 bits per heavy atom. The monoisotopic (exact) mass is 499 g/mol. The third-order valence-corrected chi connectivity index (χ3v) is 5.21. The second-order valence-corrected chi connectivity index (χ2v) is 7.72. The van der Waals surface area contributed by atoms with Crippen molar-refractivity contribution in [2.75, 3.05) is 5.32 Å². The molecule has 0 unspecified atom stereocenters. The Balaban J connectivity index is 0.000000406. The van der Waals surface area contributed by atoms with E-state index in [0.717, 1.165) is 16.3 Å². The highest BCUT2D eigenvalue weighted by Crippen LogP contribution is 2.36. The van der Waals surface area contributed by atoms with Gasteiger partial charge in [0.2, 0.25) is 0 Å². The number of hydrogen-bond donors (Lipinski definition) is 2. The molecule has 0 spiro atoms. The smallest absolute Gasteiger partial charge is 0.475 e. The SMILES string of the molecule is FC(F)(F)c1ccccc1-c1nc(NCc2cccs2)c2ccccc2n1.O=C(O)C(F)(F)F. The predicted molar refractivity (Wildman–Crippen MR) is 115 cm³/mol. The van der Waals surface area contributed by atoms with Gasteiger partial charge in [0.05, 0.1) is 17.6 Å². The number of anilines is 1. The quantitative estimate of drug-likeness (QED) is 0.309. The number of carboxylic acids is 1. The summed E-state index contributed by atoms with van der Waals surface area (Å²) in [7, 11) is 0. The van der Waals surface area contributed by atoms with Crippen molar-refractivity contribution in [3.63, 3.8) is 0 Å². The van der Waals surface area contributed by atoms with Gasteiger partial charge < -0.3 is 10.4 Å². The third kappa shape index (κ3) is 6.22. The van der Waals surface area contributed by atoms with Crippen LogP contribution in [0.15, 0.2) is 66.0 Å². The summed E-state index contributed by atoms with van der Waals surface area (Å²) in [5.41, 5.74) is -0.187. The summed E-state index contributed by atoms with van der Waals surface area (Å²) in [5.74, 6) is -2.19. The van der Waals surface area contributed by atoms with Gasteiger partial charge in [-0.25, -0.2) is 14.8 Å². The van der Waals surface area contributed by atoms with Crippen LogP contribution in [0.3, 0.4) is 0 Å². The summed E-state index contributed by atoms with van der Waals surface area (Å²) in [6, 6.07) is 16.6. The fourth-order valence-electron chi connectivity index (χ4n) is 2.84. The summed E-state index contributed by atoms with van der Waals surface area (Å²) in [6.45, 7) is 0.541. The van der Waals surface area contributed by atoms with Crippen molar-refractivity contribution in [3.05, 3.63) is 76.5 Å². The molecule has 0 fully saturated rings. The first-order valence-electron chi connectivity index (χ1n) is 9.46. The number of benzene rings is 2. The molecule has 4 rings (SSSR count). The van der Waals surface area contributed by atoms with E-state index in [2.05, 4.69) is 15.3 Å². The molecule has 178 valence electrons. The van der Waals surface area contributed by atoms with Crippen LogP contribution in [0.4, 0.5) is 32.2 Å². The first-order chi connectivity index (χ1) is 16.0. The zero-order chi connectivity index (χ0) is 24.9. The van der Waals surface area contributed by atoms with Crippen LogP contribution >= 0.6 is 11.3 Å². The summed E-state index contributed by atoms with van der Waals surface area (Å²) in [6.07, 6.45) is -9.56. The van der Waals surface area contributed by atoms with Crippen molar-refractivity contribution in [1.82, 2.24) is 9.97 Å². The molecule has 0 aliphatic rings. The average molecular weight is 499 g/mol. The summed E-state index contributed by atoms with van der Waals surface area (Å²) in [5, 5.41) is 13.1. The minimum absolute atomic E-state index is 0.0325. The standard InChI is InChI=1S/C20H14F3N3S.C2HF3O2/c21-20(22,23)16-9-3-1-7-14(16)19-25-17-10-4-2-8-15(17)18(26-19)24-12-13-6-5-11-27-13;3-2(4,5)1(6)7/h1-11H,12H2,(H,24,25,26);(H,6,7). The van der Waals surface area contributed by atoms with Crippen molar-refractivity contribution in [2.45, 2.75) is 18.9 Å². The summed E-state index contributed by atoms with van der Waals surface area (Å²) >= 11 is 1.60. The van der Waals surface area contributed by atoms with Gasteiger partial charge in [0.1, 0.15) is 5.82 Å². The topological polar surface area (TPSA) is 75.1 Å². The van der Waals surface area contributed by atoms with Crippen LogP contribution in [-0.2, 0) is 17.5 Å². The Morgan fingerprint density at radius 3 is 2.18 bits per heavy atom. The molecule has 34 heavy (non-hydrogen) atoms. The molecule has 2 heterocycles. The van der Waals surface area contributed by atoms with Gasteiger partial charge in [-0.2, -0.15) is 26.3 Å². The highest BCUT2D eigenvalue weighted by molar-refractivity contribution is 7.09. The maximum atomic E-state index is 13.4. The maximum absolute atomic E-state index is 13.4. The number of nitrogens with zero attached hydrogens (tertiary/aromatic N) is 2. The highest BCUT2D eigenvalue weighted by Gasteiger charge is 2.38. The number of hydrogen-bond acceptors (Lipinski definition) is 5. The molecule has 5 nitrogen and oxygen atoms in total. The minimum atomic E-state index is -5.08. The fourth-order valence-corrected chi connectivity index (χ4v) is 3.49. The number of carbonyl (C=O) groups is 1. The Bertz CT molecular complexity index is 1270. The van der Waals surface area contributed by atoms with Gasteiger partial charge in [-0.1, -0.05) is 36.4 Å². The van der Waals surface area contributed by atoms with E-state index < -0.39 is 23.9 Å². The fraction of sp³-hybridized carbons (Fsp3) is 0.136. The molecule has 2 aromatic carbocycles. The Labute approximate surface area is 192 Å². The van der Waals surface area contributed by atoms with Crippen LogP contribution in [0.5, 0.6) is 0 Å². The highest BCUT2D eigenvalue weighted by atomic mass is 32.1. The molecule has 2 N–H and O–H groups in total. The van der Waals surface area contributed by atoms with Gasteiger partial charge in [-0.05, 0) is 29.6 Å². The van der Waals surface area contributed by atoms with Gasteiger partial charge in [-0.15, -0.1) is 11.3 Å². The van der Waals surface area contributed by atoms with Crippen LogP contribution in [0.25, 0.3) is 22.3 Å². The van der Waals surface area contributed by atoms with Crippen LogP contribution in [0.2, 0.25) is 0 Å². The number of nitrogens with one attached hydrogen (secondary N) is 1. The molecule has 4 aromatic rings. The first kappa shape index (κ1) is 25.0. The number of aromatic nitrogens is 2. The van der Waals surface area contributed by atoms with E-state index in [1.54, 1.807) is 29.5 Å². The van der Waals surface area contributed by atoms with E-state index in [4.69, 9.17) is 9.90 Å². The normalized spacial score (nSPS) is 11.6. The number of halogens is 6. The van der Waals surface area contributed by atoms with Crippen LogP contribution in [-0.4, -0.2) is 27.2 Å². The molecule has 0 atom stereocenters. The van der Waals surface area contributed by atoms with Crippen LogP contribution < -0.4 is 5.32 Å². The van der Waals surface area contributed by atoms with Gasteiger partial charge in [0.15, 0.2) is 5.82 Å². The molecule has 2 aromatic heterocycles. The number of alkyl halides is 6. The molecule has 0 saturated carbocycles. The van der Waals surface area contributed by atoms with Gasteiger partial charge >= 0.3 is 18.3 Å². The number of fused-ring (bicyclic) bond motifs is 1. The molecular formula is C22H15F6N3O2S. The number of para-hydroxylation sites is 1. The van der Waals surface area contributed by atoms with Crippen molar-refractivity contribution in [3.8, 4) is 11.4 Å². The van der Waals surface area contributed by atoms with E-state index in [-0.39, 0.29) is 11.4 Å². The molecule has 0 bridgehead atoms. The van der Waals surface area contributed by atoms with Crippen LogP contribution in [0, 0.1) is 0 Å². The lowest BCUT2D eigenvalue weighted by Crippen LogP contribution is -2.21. The second kappa shape index (κ2) is 10.1.